The molecular formula is C8H16N4O. The average Bonchev–Trinajstić information content (AvgIpc) is 2.09. The third-order valence-electron chi connectivity index (χ3n) is 1.52. The Hall–Kier alpha value is -1.28. The molecule has 0 saturated heterocycles. The number of aliphatic imine (C=N–C) groups is 1. The summed E-state index contributed by atoms with van der Waals surface area (Å²) in [5, 5.41) is 8.44. The summed E-state index contributed by atoms with van der Waals surface area (Å²) in [6.07, 6.45) is 1.77. The van der Waals surface area contributed by atoms with E-state index >= 15 is 0 Å². The Morgan fingerprint density at radius 2 is 2.08 bits per heavy atom. The minimum absolute atomic E-state index is 0.620. The Morgan fingerprint density at radius 1 is 1.46 bits per heavy atom. The third-order valence-corrected chi connectivity index (χ3v) is 1.52. The van der Waals surface area contributed by atoms with Crippen molar-refractivity contribution >= 4 is 5.96 Å². The van der Waals surface area contributed by atoms with Crippen LogP contribution in [0.3, 0.4) is 0 Å². The van der Waals surface area contributed by atoms with Crippen LogP contribution in [0.4, 0.5) is 0 Å². The number of rotatable bonds is 3. The molecule has 0 unspecified atom stereocenters. The van der Waals surface area contributed by atoms with Gasteiger partial charge in [0.25, 0.3) is 0 Å². The summed E-state index contributed by atoms with van der Waals surface area (Å²) in [6, 6.07) is 0. The number of ether oxygens (including phenoxy) is 1. The van der Waals surface area contributed by atoms with E-state index in [0.717, 1.165) is 6.54 Å². The molecule has 0 fully saturated rings. The maximum absolute atomic E-state index is 8.44. The van der Waals surface area contributed by atoms with Crippen molar-refractivity contribution in [2.75, 3.05) is 41.4 Å². The van der Waals surface area contributed by atoms with Crippen LogP contribution in [0.15, 0.2) is 4.99 Å². The van der Waals surface area contributed by atoms with Crippen molar-refractivity contribution in [2.24, 2.45) is 4.99 Å². The molecular weight excluding hydrogens is 168 g/mol. The summed E-state index contributed by atoms with van der Waals surface area (Å²) in [5.74, 6) is 0.638. The van der Waals surface area contributed by atoms with Crippen molar-refractivity contribution in [3.05, 3.63) is 0 Å². The smallest absolute Gasteiger partial charge is 0.211 e. The summed E-state index contributed by atoms with van der Waals surface area (Å²) < 4.78 is 4.92. The van der Waals surface area contributed by atoms with E-state index in [2.05, 4.69) is 4.99 Å². The van der Waals surface area contributed by atoms with Crippen LogP contribution in [0, 0.1) is 11.5 Å². The molecule has 0 aromatic heterocycles. The Morgan fingerprint density at radius 3 is 2.46 bits per heavy atom. The van der Waals surface area contributed by atoms with Crippen LogP contribution in [0.5, 0.6) is 0 Å². The van der Waals surface area contributed by atoms with Crippen LogP contribution >= 0.6 is 0 Å². The second-order valence-corrected chi connectivity index (χ2v) is 2.82. The van der Waals surface area contributed by atoms with Crippen LogP contribution < -0.4 is 0 Å². The van der Waals surface area contributed by atoms with Gasteiger partial charge in [-0.3, -0.25) is 0 Å². The van der Waals surface area contributed by atoms with Gasteiger partial charge in [-0.2, -0.15) is 5.26 Å². The molecule has 0 N–H and O–H groups in total. The molecule has 0 aliphatic heterocycles. The van der Waals surface area contributed by atoms with Crippen molar-refractivity contribution in [3.8, 4) is 6.19 Å². The molecule has 0 aliphatic rings. The lowest BCUT2D eigenvalue weighted by Crippen LogP contribution is -2.39. The highest BCUT2D eigenvalue weighted by molar-refractivity contribution is 5.80. The molecule has 0 aromatic carbocycles. The molecule has 0 aromatic rings. The summed E-state index contributed by atoms with van der Waals surface area (Å²) >= 11 is 0. The summed E-state index contributed by atoms with van der Waals surface area (Å²) in [4.78, 5) is 7.35. The van der Waals surface area contributed by atoms with E-state index in [0.29, 0.717) is 12.6 Å². The zero-order valence-corrected chi connectivity index (χ0v) is 8.61. The molecule has 0 radical (unpaired) electrons. The maximum atomic E-state index is 8.44. The van der Waals surface area contributed by atoms with Crippen molar-refractivity contribution in [1.82, 2.24) is 9.80 Å². The van der Waals surface area contributed by atoms with Gasteiger partial charge in [0.2, 0.25) is 12.2 Å². The standard InChI is InChI=1S/C8H16N4O/c1-11(2)8(10-7-9)12(3)5-6-13-4/h5-6H2,1-4H3. The molecule has 0 rings (SSSR count). The number of hydrogen-bond donors (Lipinski definition) is 0. The van der Waals surface area contributed by atoms with Gasteiger partial charge in [0.15, 0.2) is 0 Å². The Balaban J connectivity index is 4.23. The first kappa shape index (κ1) is 11.7. The minimum Gasteiger partial charge on any atom is -0.383 e. The molecule has 0 amide bonds. The predicted molar refractivity (Wildman–Crippen MR) is 51.2 cm³/mol. The van der Waals surface area contributed by atoms with Gasteiger partial charge in [0.1, 0.15) is 0 Å². The minimum atomic E-state index is 0.620. The SMILES string of the molecule is COCCN(C)C(=NC#N)N(C)C. The van der Waals surface area contributed by atoms with Gasteiger partial charge in [0, 0.05) is 34.8 Å². The fourth-order valence-electron chi connectivity index (χ4n) is 0.900. The molecule has 0 bridgehead atoms. The van der Waals surface area contributed by atoms with Gasteiger partial charge in [-0.05, 0) is 0 Å². The van der Waals surface area contributed by atoms with Gasteiger partial charge < -0.3 is 14.5 Å². The van der Waals surface area contributed by atoms with Crippen LogP contribution in [0.2, 0.25) is 0 Å². The van der Waals surface area contributed by atoms with Gasteiger partial charge in [-0.1, -0.05) is 0 Å². The predicted octanol–water partition coefficient (Wildman–Crippen LogP) is -0.0367. The molecule has 74 valence electrons. The average molecular weight is 184 g/mol. The van der Waals surface area contributed by atoms with Gasteiger partial charge in [0.05, 0.1) is 6.61 Å². The molecule has 0 spiro atoms. The monoisotopic (exact) mass is 184 g/mol. The van der Waals surface area contributed by atoms with Crippen molar-refractivity contribution in [1.29, 1.82) is 5.26 Å². The van der Waals surface area contributed by atoms with Crippen molar-refractivity contribution in [2.45, 2.75) is 0 Å². The molecule has 0 aliphatic carbocycles. The maximum Gasteiger partial charge on any atom is 0.211 e. The van der Waals surface area contributed by atoms with E-state index in [1.165, 1.54) is 0 Å². The van der Waals surface area contributed by atoms with Gasteiger partial charge in [-0.15, -0.1) is 4.99 Å². The third kappa shape index (κ3) is 4.33. The van der Waals surface area contributed by atoms with Crippen molar-refractivity contribution in [3.63, 3.8) is 0 Å². The van der Waals surface area contributed by atoms with E-state index in [1.54, 1.807) is 18.2 Å². The number of nitriles is 1. The molecule has 13 heavy (non-hydrogen) atoms. The first-order valence-electron chi connectivity index (χ1n) is 3.97. The van der Waals surface area contributed by atoms with Gasteiger partial charge >= 0.3 is 0 Å². The van der Waals surface area contributed by atoms with Crippen LogP contribution in [-0.4, -0.2) is 57.2 Å². The van der Waals surface area contributed by atoms with E-state index in [4.69, 9.17) is 10.00 Å². The normalized spacial score (nSPS) is 10.8. The highest BCUT2D eigenvalue weighted by atomic mass is 16.5. The lowest BCUT2D eigenvalue weighted by atomic mass is 10.6. The number of hydrogen-bond acceptors (Lipinski definition) is 3. The van der Waals surface area contributed by atoms with E-state index in [-0.39, 0.29) is 0 Å². The zero-order chi connectivity index (χ0) is 10.3. The quantitative estimate of drug-likeness (QED) is 0.351. The highest BCUT2D eigenvalue weighted by Crippen LogP contribution is 1.91. The first-order valence-corrected chi connectivity index (χ1v) is 3.97. The van der Waals surface area contributed by atoms with Crippen LogP contribution in [0.25, 0.3) is 0 Å². The Labute approximate surface area is 79.2 Å². The second-order valence-electron chi connectivity index (χ2n) is 2.82. The number of nitrogens with zero attached hydrogens (tertiary/aromatic N) is 4. The molecule has 0 saturated carbocycles. The summed E-state index contributed by atoms with van der Waals surface area (Å²) in [5.41, 5.74) is 0. The van der Waals surface area contributed by atoms with Crippen molar-refractivity contribution < 1.29 is 4.74 Å². The number of guanidine groups is 1. The summed E-state index contributed by atoms with van der Waals surface area (Å²) in [7, 11) is 7.21. The topological polar surface area (TPSA) is 51.9 Å². The first-order chi connectivity index (χ1) is 6.13. The molecule has 0 heterocycles. The fraction of sp³-hybridized carbons (Fsp3) is 0.750. The Bertz CT molecular complexity index is 207. The number of likely N-dealkylation sites (N-methyl/N-ethyl adjacent to an activating group) is 1. The largest absolute Gasteiger partial charge is 0.383 e. The van der Waals surface area contributed by atoms with Crippen LogP contribution in [-0.2, 0) is 4.74 Å². The van der Waals surface area contributed by atoms with Crippen LogP contribution in [0.1, 0.15) is 0 Å². The molecule has 0 atom stereocenters. The zero-order valence-electron chi connectivity index (χ0n) is 8.61. The summed E-state index contributed by atoms with van der Waals surface area (Å²) in [6.45, 7) is 1.34. The highest BCUT2D eigenvalue weighted by Gasteiger charge is 2.07. The van der Waals surface area contributed by atoms with E-state index < -0.39 is 0 Å². The van der Waals surface area contributed by atoms with E-state index in [1.807, 2.05) is 26.0 Å². The second kappa shape index (κ2) is 6.26. The lowest BCUT2D eigenvalue weighted by molar-refractivity contribution is 0.179. The molecule has 5 nitrogen and oxygen atoms in total. The van der Waals surface area contributed by atoms with Gasteiger partial charge in [-0.25, -0.2) is 0 Å². The Kier molecular flexibility index (Phi) is 5.64. The fourth-order valence-corrected chi connectivity index (χ4v) is 0.900. The number of methoxy groups -OCH3 is 1. The molecule has 5 heteroatoms. The lowest BCUT2D eigenvalue weighted by Gasteiger charge is -2.24. The van der Waals surface area contributed by atoms with E-state index in [9.17, 15) is 0 Å².